The fourth-order valence-corrected chi connectivity index (χ4v) is 2.40. The zero-order chi connectivity index (χ0) is 12.5. The van der Waals surface area contributed by atoms with Crippen molar-refractivity contribution in [3.05, 3.63) is 35.4 Å². The molecular weight excluding hydrogens is 210 g/mol. The summed E-state index contributed by atoms with van der Waals surface area (Å²) in [5, 5.41) is 13.4. The average Bonchev–Trinajstić information content (AvgIpc) is 2.29. The lowest BCUT2D eigenvalue weighted by Crippen LogP contribution is -2.37. The lowest BCUT2D eigenvalue weighted by Gasteiger charge is -2.30. The van der Waals surface area contributed by atoms with Crippen molar-refractivity contribution in [2.75, 3.05) is 6.54 Å². The summed E-state index contributed by atoms with van der Waals surface area (Å²) in [7, 11) is 0. The first-order valence-electron chi connectivity index (χ1n) is 6.50. The van der Waals surface area contributed by atoms with Crippen LogP contribution >= 0.6 is 0 Å². The summed E-state index contributed by atoms with van der Waals surface area (Å²) in [4.78, 5) is 0. The fourth-order valence-electron chi connectivity index (χ4n) is 2.40. The molecule has 1 saturated heterocycles. The molecule has 0 bridgehead atoms. The van der Waals surface area contributed by atoms with Gasteiger partial charge in [-0.05, 0) is 35.9 Å². The van der Waals surface area contributed by atoms with Crippen LogP contribution in [0.5, 0.6) is 0 Å². The van der Waals surface area contributed by atoms with Crippen molar-refractivity contribution >= 4 is 0 Å². The van der Waals surface area contributed by atoms with Crippen molar-refractivity contribution in [1.82, 2.24) is 5.32 Å². The number of benzene rings is 1. The van der Waals surface area contributed by atoms with Crippen LogP contribution < -0.4 is 5.32 Å². The standard InChI is InChI=1S/C15H23NO/c1-15(2,3)12-8-6-11(7-9-12)14-13(17)5-4-10-16-14/h6-9,13-14,16-17H,4-5,10H2,1-3H3. The van der Waals surface area contributed by atoms with E-state index in [1.54, 1.807) is 0 Å². The number of hydrogen-bond acceptors (Lipinski definition) is 2. The molecule has 1 heterocycles. The number of nitrogens with one attached hydrogen (secondary N) is 1. The van der Waals surface area contributed by atoms with Crippen LogP contribution in [-0.4, -0.2) is 17.8 Å². The molecule has 2 nitrogen and oxygen atoms in total. The lowest BCUT2D eigenvalue weighted by molar-refractivity contribution is 0.0965. The van der Waals surface area contributed by atoms with Crippen molar-refractivity contribution in [2.24, 2.45) is 0 Å². The van der Waals surface area contributed by atoms with Gasteiger partial charge in [0.05, 0.1) is 12.1 Å². The molecule has 2 rings (SSSR count). The molecule has 1 aliphatic rings. The Hall–Kier alpha value is -0.860. The topological polar surface area (TPSA) is 32.3 Å². The summed E-state index contributed by atoms with van der Waals surface area (Å²) in [6, 6.07) is 8.76. The van der Waals surface area contributed by atoms with Gasteiger partial charge in [0.2, 0.25) is 0 Å². The van der Waals surface area contributed by atoms with Gasteiger partial charge >= 0.3 is 0 Å². The number of aliphatic hydroxyl groups is 1. The highest BCUT2D eigenvalue weighted by molar-refractivity contribution is 5.30. The van der Waals surface area contributed by atoms with Crippen LogP contribution in [0.2, 0.25) is 0 Å². The monoisotopic (exact) mass is 233 g/mol. The van der Waals surface area contributed by atoms with E-state index in [0.29, 0.717) is 0 Å². The van der Waals surface area contributed by atoms with E-state index in [4.69, 9.17) is 0 Å². The molecule has 1 aliphatic heterocycles. The molecule has 2 unspecified atom stereocenters. The Balaban J connectivity index is 2.17. The highest BCUT2D eigenvalue weighted by Gasteiger charge is 2.24. The van der Waals surface area contributed by atoms with Gasteiger partial charge in [0.25, 0.3) is 0 Å². The van der Waals surface area contributed by atoms with Gasteiger partial charge in [-0.2, -0.15) is 0 Å². The van der Waals surface area contributed by atoms with Gasteiger partial charge < -0.3 is 10.4 Å². The molecule has 2 heteroatoms. The summed E-state index contributed by atoms with van der Waals surface area (Å²) in [5.41, 5.74) is 2.73. The number of aliphatic hydroxyl groups excluding tert-OH is 1. The summed E-state index contributed by atoms with van der Waals surface area (Å²) in [6.45, 7) is 7.66. The maximum atomic E-state index is 9.99. The molecule has 1 aromatic carbocycles. The number of piperidine rings is 1. The van der Waals surface area contributed by atoms with Crippen LogP contribution in [0, 0.1) is 0 Å². The molecule has 94 valence electrons. The van der Waals surface area contributed by atoms with Crippen LogP contribution in [-0.2, 0) is 5.41 Å². The highest BCUT2D eigenvalue weighted by atomic mass is 16.3. The van der Waals surface area contributed by atoms with Gasteiger partial charge in [0, 0.05) is 0 Å². The van der Waals surface area contributed by atoms with Gasteiger partial charge in [0.15, 0.2) is 0 Å². The molecular formula is C15H23NO. The molecule has 2 N–H and O–H groups in total. The third-order valence-electron chi connectivity index (χ3n) is 3.56. The molecule has 0 radical (unpaired) electrons. The Kier molecular flexibility index (Phi) is 3.55. The van der Waals surface area contributed by atoms with Crippen LogP contribution in [0.4, 0.5) is 0 Å². The Morgan fingerprint density at radius 1 is 1.18 bits per heavy atom. The van der Waals surface area contributed by atoms with Crippen LogP contribution in [0.15, 0.2) is 24.3 Å². The Morgan fingerprint density at radius 2 is 1.82 bits per heavy atom. The molecule has 1 fully saturated rings. The van der Waals surface area contributed by atoms with E-state index in [1.807, 2.05) is 0 Å². The first kappa shape index (κ1) is 12.6. The maximum Gasteiger partial charge on any atom is 0.0735 e. The van der Waals surface area contributed by atoms with E-state index in [9.17, 15) is 5.11 Å². The van der Waals surface area contributed by atoms with Crippen molar-refractivity contribution < 1.29 is 5.11 Å². The second kappa shape index (κ2) is 4.79. The van der Waals surface area contributed by atoms with Crippen LogP contribution in [0.1, 0.15) is 50.8 Å². The summed E-state index contributed by atoms with van der Waals surface area (Å²) >= 11 is 0. The predicted molar refractivity (Wildman–Crippen MR) is 71.1 cm³/mol. The van der Waals surface area contributed by atoms with Gasteiger partial charge in [0.1, 0.15) is 0 Å². The molecule has 0 aliphatic carbocycles. The number of hydrogen-bond donors (Lipinski definition) is 2. The van der Waals surface area contributed by atoms with E-state index >= 15 is 0 Å². The van der Waals surface area contributed by atoms with Crippen molar-refractivity contribution in [1.29, 1.82) is 0 Å². The van der Waals surface area contributed by atoms with E-state index in [-0.39, 0.29) is 17.6 Å². The van der Waals surface area contributed by atoms with Crippen LogP contribution in [0.25, 0.3) is 0 Å². The quantitative estimate of drug-likeness (QED) is 0.781. The third kappa shape index (κ3) is 2.88. The van der Waals surface area contributed by atoms with E-state index in [2.05, 4.69) is 50.4 Å². The largest absolute Gasteiger partial charge is 0.391 e. The maximum absolute atomic E-state index is 9.99. The second-order valence-corrected chi connectivity index (χ2v) is 6.01. The second-order valence-electron chi connectivity index (χ2n) is 6.01. The van der Waals surface area contributed by atoms with E-state index in [1.165, 1.54) is 11.1 Å². The van der Waals surface area contributed by atoms with Crippen molar-refractivity contribution in [3.63, 3.8) is 0 Å². The Bertz CT molecular complexity index is 364. The highest BCUT2D eigenvalue weighted by Crippen LogP contribution is 2.27. The van der Waals surface area contributed by atoms with Crippen molar-refractivity contribution in [2.45, 2.75) is 51.2 Å². The minimum Gasteiger partial charge on any atom is -0.391 e. The zero-order valence-corrected chi connectivity index (χ0v) is 11.0. The van der Waals surface area contributed by atoms with Gasteiger partial charge in [-0.15, -0.1) is 0 Å². The number of rotatable bonds is 1. The SMILES string of the molecule is CC(C)(C)c1ccc(C2NCCCC2O)cc1. The predicted octanol–water partition coefficient (Wildman–Crippen LogP) is 2.77. The smallest absolute Gasteiger partial charge is 0.0735 e. The molecule has 0 amide bonds. The normalized spacial score (nSPS) is 25.9. The fraction of sp³-hybridized carbons (Fsp3) is 0.600. The van der Waals surface area contributed by atoms with Crippen molar-refractivity contribution in [3.8, 4) is 0 Å². The summed E-state index contributed by atoms with van der Waals surface area (Å²) in [5.74, 6) is 0. The lowest BCUT2D eigenvalue weighted by atomic mass is 9.85. The first-order chi connectivity index (χ1) is 7.98. The third-order valence-corrected chi connectivity index (χ3v) is 3.56. The van der Waals surface area contributed by atoms with Gasteiger partial charge in [-0.3, -0.25) is 0 Å². The van der Waals surface area contributed by atoms with E-state index in [0.717, 1.165) is 19.4 Å². The van der Waals surface area contributed by atoms with Gasteiger partial charge in [-0.25, -0.2) is 0 Å². The molecule has 17 heavy (non-hydrogen) atoms. The minimum atomic E-state index is -0.246. The van der Waals surface area contributed by atoms with Crippen LogP contribution in [0.3, 0.4) is 0 Å². The summed E-state index contributed by atoms with van der Waals surface area (Å²) in [6.07, 6.45) is 1.72. The first-order valence-corrected chi connectivity index (χ1v) is 6.50. The average molecular weight is 233 g/mol. The molecule has 0 spiro atoms. The molecule has 0 saturated carbocycles. The molecule has 1 aromatic rings. The zero-order valence-electron chi connectivity index (χ0n) is 11.0. The molecule has 0 aromatic heterocycles. The van der Waals surface area contributed by atoms with Gasteiger partial charge in [-0.1, -0.05) is 45.0 Å². The summed E-state index contributed by atoms with van der Waals surface area (Å²) < 4.78 is 0. The Labute approximate surface area is 104 Å². The Morgan fingerprint density at radius 3 is 2.35 bits per heavy atom. The molecule has 2 atom stereocenters. The van der Waals surface area contributed by atoms with E-state index < -0.39 is 0 Å². The minimum absolute atomic E-state index is 0.109.